The smallest absolute Gasteiger partial charge is 0.197 e. The fourth-order valence-electron chi connectivity index (χ4n) is 2.04. The Balaban J connectivity index is 2.13. The van der Waals surface area contributed by atoms with Crippen LogP contribution in [0.4, 0.5) is 4.39 Å². The van der Waals surface area contributed by atoms with Gasteiger partial charge in [-0.3, -0.25) is 9.78 Å². The van der Waals surface area contributed by atoms with Gasteiger partial charge >= 0.3 is 0 Å². The molecule has 3 rings (SSSR count). The third kappa shape index (κ3) is 1.89. The second-order valence-electron chi connectivity index (χ2n) is 4.25. The summed E-state index contributed by atoms with van der Waals surface area (Å²) in [7, 11) is 0. The third-order valence-electron chi connectivity index (χ3n) is 3.00. The number of nitrogens with zero attached hydrogens (tertiary/aromatic N) is 3. The number of ketones is 1. The van der Waals surface area contributed by atoms with E-state index in [1.165, 1.54) is 24.4 Å². The molecule has 0 bridgehead atoms. The van der Waals surface area contributed by atoms with Gasteiger partial charge in [0.2, 0.25) is 0 Å². The van der Waals surface area contributed by atoms with Gasteiger partial charge in [-0.2, -0.15) is 5.10 Å². The van der Waals surface area contributed by atoms with Gasteiger partial charge in [-0.05, 0) is 30.7 Å². The number of halogens is 1. The van der Waals surface area contributed by atoms with Crippen molar-refractivity contribution in [3.8, 4) is 0 Å². The number of benzene rings is 1. The van der Waals surface area contributed by atoms with E-state index in [0.29, 0.717) is 22.2 Å². The first-order valence-corrected chi connectivity index (χ1v) is 5.75. The Hall–Kier alpha value is -2.56. The summed E-state index contributed by atoms with van der Waals surface area (Å²) in [5, 5.41) is 4.09. The lowest BCUT2D eigenvalue weighted by atomic mass is 10.0. The molecule has 3 aromatic rings. The van der Waals surface area contributed by atoms with Crippen molar-refractivity contribution in [1.82, 2.24) is 14.6 Å². The van der Waals surface area contributed by atoms with Gasteiger partial charge in [0, 0.05) is 18.0 Å². The minimum Gasteiger partial charge on any atom is -0.288 e. The maximum atomic E-state index is 13.1. The molecule has 0 fully saturated rings. The number of aryl methyl sites for hydroxylation is 1. The van der Waals surface area contributed by atoms with Crippen molar-refractivity contribution in [3.05, 3.63) is 65.5 Å². The van der Waals surface area contributed by atoms with Crippen LogP contribution >= 0.6 is 0 Å². The second kappa shape index (κ2) is 4.28. The number of carbonyl (C=O) groups excluding carboxylic acids is 1. The minimum atomic E-state index is -0.351. The van der Waals surface area contributed by atoms with E-state index in [-0.39, 0.29) is 11.6 Å². The van der Waals surface area contributed by atoms with Crippen molar-refractivity contribution in [3.63, 3.8) is 0 Å². The molecule has 19 heavy (non-hydrogen) atoms. The number of carbonyl (C=O) groups is 1. The van der Waals surface area contributed by atoms with E-state index in [1.807, 2.05) is 0 Å². The quantitative estimate of drug-likeness (QED) is 0.661. The lowest BCUT2D eigenvalue weighted by Crippen LogP contribution is -2.04. The Morgan fingerprint density at radius 3 is 2.89 bits per heavy atom. The highest BCUT2D eigenvalue weighted by molar-refractivity contribution is 6.13. The monoisotopic (exact) mass is 255 g/mol. The van der Waals surface area contributed by atoms with Gasteiger partial charge in [0.05, 0.1) is 23.5 Å². The van der Waals surface area contributed by atoms with Crippen LogP contribution in [0.2, 0.25) is 0 Å². The number of hydrogen-bond donors (Lipinski definition) is 0. The summed E-state index contributed by atoms with van der Waals surface area (Å²) >= 11 is 0. The molecule has 0 spiro atoms. The molecule has 0 aliphatic carbocycles. The van der Waals surface area contributed by atoms with Crippen molar-refractivity contribution >= 4 is 11.3 Å². The minimum absolute atomic E-state index is 0.180. The molecule has 0 atom stereocenters. The Kier molecular flexibility index (Phi) is 2.59. The van der Waals surface area contributed by atoms with Crippen LogP contribution in [0, 0.1) is 12.7 Å². The van der Waals surface area contributed by atoms with Crippen LogP contribution in [0.15, 0.2) is 43.0 Å². The molecule has 2 aromatic heterocycles. The van der Waals surface area contributed by atoms with Crippen LogP contribution < -0.4 is 0 Å². The second-order valence-corrected chi connectivity index (χ2v) is 4.25. The standard InChI is InChI=1S/C14H10FN3O/c1-9-6-10(15)2-3-11(9)14(19)12-7-17-18-5-4-16-8-13(12)18/h2-8H,1H3. The van der Waals surface area contributed by atoms with E-state index in [1.54, 1.807) is 30.0 Å². The van der Waals surface area contributed by atoms with Crippen LogP contribution in [0.5, 0.6) is 0 Å². The Morgan fingerprint density at radius 2 is 2.11 bits per heavy atom. The van der Waals surface area contributed by atoms with Crippen LogP contribution in [-0.4, -0.2) is 20.4 Å². The molecule has 0 unspecified atom stereocenters. The lowest BCUT2D eigenvalue weighted by molar-refractivity contribution is 0.103. The van der Waals surface area contributed by atoms with Gasteiger partial charge < -0.3 is 0 Å². The first-order chi connectivity index (χ1) is 9.16. The molecular weight excluding hydrogens is 245 g/mol. The van der Waals surface area contributed by atoms with E-state index < -0.39 is 0 Å². The first-order valence-electron chi connectivity index (χ1n) is 5.75. The van der Waals surface area contributed by atoms with Crippen LogP contribution in [-0.2, 0) is 0 Å². The van der Waals surface area contributed by atoms with Crippen LogP contribution in [0.3, 0.4) is 0 Å². The van der Waals surface area contributed by atoms with Crippen LogP contribution in [0.25, 0.3) is 5.52 Å². The molecule has 5 heteroatoms. The Bertz CT molecular complexity index is 779. The average molecular weight is 255 g/mol. The molecule has 0 aliphatic rings. The van der Waals surface area contributed by atoms with Crippen molar-refractivity contribution in [2.45, 2.75) is 6.92 Å². The molecule has 0 saturated carbocycles. The number of fused-ring (bicyclic) bond motifs is 1. The number of hydrogen-bond acceptors (Lipinski definition) is 3. The van der Waals surface area contributed by atoms with Crippen LogP contribution in [0.1, 0.15) is 21.5 Å². The van der Waals surface area contributed by atoms with Crippen molar-refractivity contribution in [2.24, 2.45) is 0 Å². The summed E-state index contributed by atoms with van der Waals surface area (Å²) in [6.07, 6.45) is 6.35. The normalized spacial score (nSPS) is 10.8. The fraction of sp³-hybridized carbons (Fsp3) is 0.0714. The van der Waals surface area contributed by atoms with Gasteiger partial charge in [0.25, 0.3) is 0 Å². The van der Waals surface area contributed by atoms with Crippen molar-refractivity contribution < 1.29 is 9.18 Å². The summed E-state index contributed by atoms with van der Waals surface area (Å²) in [5.74, 6) is -0.531. The molecule has 2 heterocycles. The van der Waals surface area contributed by atoms with E-state index >= 15 is 0 Å². The fourth-order valence-corrected chi connectivity index (χ4v) is 2.04. The zero-order valence-electron chi connectivity index (χ0n) is 10.2. The third-order valence-corrected chi connectivity index (χ3v) is 3.00. The summed E-state index contributed by atoms with van der Waals surface area (Å²) in [6, 6.07) is 4.12. The molecule has 0 saturated heterocycles. The zero-order chi connectivity index (χ0) is 13.4. The summed E-state index contributed by atoms with van der Waals surface area (Å²) in [6.45, 7) is 1.71. The van der Waals surface area contributed by atoms with E-state index in [2.05, 4.69) is 10.1 Å². The van der Waals surface area contributed by atoms with Crippen molar-refractivity contribution in [1.29, 1.82) is 0 Å². The molecule has 0 radical (unpaired) electrons. The predicted molar refractivity (Wildman–Crippen MR) is 67.6 cm³/mol. The van der Waals surface area contributed by atoms with Gasteiger partial charge in [-0.25, -0.2) is 8.91 Å². The molecule has 0 aliphatic heterocycles. The molecule has 4 nitrogen and oxygen atoms in total. The molecule has 1 aromatic carbocycles. The number of aromatic nitrogens is 3. The molecule has 0 amide bonds. The van der Waals surface area contributed by atoms with E-state index in [0.717, 1.165) is 0 Å². The maximum absolute atomic E-state index is 13.1. The molecule has 94 valence electrons. The highest BCUT2D eigenvalue weighted by Gasteiger charge is 2.16. The highest BCUT2D eigenvalue weighted by atomic mass is 19.1. The Labute approximate surface area is 108 Å². The summed E-state index contributed by atoms with van der Waals surface area (Å²) in [5.41, 5.74) is 2.17. The van der Waals surface area contributed by atoms with E-state index in [4.69, 9.17) is 0 Å². The van der Waals surface area contributed by atoms with Gasteiger partial charge in [-0.15, -0.1) is 0 Å². The number of rotatable bonds is 2. The molecular formula is C14H10FN3O. The average Bonchev–Trinajstić information content (AvgIpc) is 2.82. The maximum Gasteiger partial charge on any atom is 0.197 e. The lowest BCUT2D eigenvalue weighted by Gasteiger charge is -2.03. The topological polar surface area (TPSA) is 47.3 Å². The van der Waals surface area contributed by atoms with Gasteiger partial charge in [0.15, 0.2) is 5.78 Å². The SMILES string of the molecule is Cc1cc(F)ccc1C(=O)c1cnn2ccncc12. The predicted octanol–water partition coefficient (Wildman–Crippen LogP) is 2.41. The molecule has 0 N–H and O–H groups in total. The largest absolute Gasteiger partial charge is 0.288 e. The summed E-state index contributed by atoms with van der Waals surface area (Å²) in [4.78, 5) is 16.4. The highest BCUT2D eigenvalue weighted by Crippen LogP contribution is 2.18. The van der Waals surface area contributed by atoms with E-state index in [9.17, 15) is 9.18 Å². The summed E-state index contributed by atoms with van der Waals surface area (Å²) < 4.78 is 14.7. The first kappa shape index (κ1) is 11.5. The van der Waals surface area contributed by atoms with Crippen molar-refractivity contribution in [2.75, 3.05) is 0 Å². The van der Waals surface area contributed by atoms with Gasteiger partial charge in [-0.1, -0.05) is 0 Å². The zero-order valence-corrected chi connectivity index (χ0v) is 10.2. The Morgan fingerprint density at radius 1 is 1.26 bits per heavy atom. The van der Waals surface area contributed by atoms with Gasteiger partial charge in [0.1, 0.15) is 5.82 Å².